The molecular weight excluding hydrogens is 388 g/mol. The highest BCUT2D eigenvalue weighted by atomic mass is 16.5. The van der Waals surface area contributed by atoms with E-state index in [9.17, 15) is 0 Å². The summed E-state index contributed by atoms with van der Waals surface area (Å²) in [6.45, 7) is 20.9. The summed E-state index contributed by atoms with van der Waals surface area (Å²) >= 11 is 0. The van der Waals surface area contributed by atoms with Gasteiger partial charge >= 0.3 is 0 Å². The summed E-state index contributed by atoms with van der Waals surface area (Å²) in [7, 11) is 1.94. The van der Waals surface area contributed by atoms with Gasteiger partial charge in [0.15, 0.2) is 0 Å². The Morgan fingerprint density at radius 1 is 0.812 bits per heavy atom. The number of ether oxygens (including phenoxy) is 1. The molecule has 0 N–H and O–H groups in total. The van der Waals surface area contributed by atoms with Crippen molar-refractivity contribution in [2.24, 2.45) is 56.7 Å². The Kier molecular flexibility index (Phi) is 5.21. The van der Waals surface area contributed by atoms with Crippen LogP contribution < -0.4 is 0 Å². The molecule has 0 aromatic rings. The lowest BCUT2D eigenvalue weighted by atomic mass is 9.35. The van der Waals surface area contributed by atoms with E-state index in [4.69, 9.17) is 4.74 Å². The van der Waals surface area contributed by atoms with Crippen molar-refractivity contribution in [2.45, 2.75) is 119 Å². The molecule has 0 aromatic carbocycles. The Bertz CT molecular complexity index is 792. The van der Waals surface area contributed by atoms with Crippen molar-refractivity contribution in [1.82, 2.24) is 0 Å². The topological polar surface area (TPSA) is 9.23 Å². The van der Waals surface area contributed by atoms with Gasteiger partial charge < -0.3 is 4.74 Å². The summed E-state index contributed by atoms with van der Waals surface area (Å²) in [5.74, 6) is 4.23. The Labute approximate surface area is 199 Å². The minimum atomic E-state index is 0.274. The van der Waals surface area contributed by atoms with Crippen LogP contribution >= 0.6 is 0 Å². The van der Waals surface area contributed by atoms with E-state index < -0.39 is 0 Å². The van der Waals surface area contributed by atoms with Crippen LogP contribution in [0.1, 0.15) is 113 Å². The summed E-state index contributed by atoms with van der Waals surface area (Å²) in [5, 5.41) is 0. The maximum absolute atomic E-state index is 6.03. The van der Waals surface area contributed by atoms with E-state index in [0.29, 0.717) is 27.8 Å². The lowest BCUT2D eigenvalue weighted by molar-refractivity contribution is -0.168. The smallest absolute Gasteiger partial charge is 0.0625 e. The third-order valence-electron chi connectivity index (χ3n) is 13.5. The molecule has 182 valence electrons. The lowest BCUT2D eigenvalue weighted by Gasteiger charge is -2.69. The molecule has 5 aliphatic rings. The van der Waals surface area contributed by atoms with Crippen LogP contribution in [0.2, 0.25) is 0 Å². The number of fused-ring (bicyclic) bond motifs is 7. The number of methoxy groups -OCH3 is 1. The minimum Gasteiger partial charge on any atom is -0.381 e. The number of hydrogen-bond donors (Lipinski definition) is 0. The maximum atomic E-state index is 6.03. The maximum Gasteiger partial charge on any atom is 0.0625 e. The highest BCUT2D eigenvalue weighted by Gasteiger charge is 2.68. The molecule has 0 bridgehead atoms. The van der Waals surface area contributed by atoms with Gasteiger partial charge in [-0.1, -0.05) is 67.0 Å². The molecule has 0 heterocycles. The molecular formula is C31H52O. The molecule has 4 saturated carbocycles. The van der Waals surface area contributed by atoms with Crippen molar-refractivity contribution in [3.05, 3.63) is 11.6 Å². The van der Waals surface area contributed by atoms with Gasteiger partial charge in [-0.2, -0.15) is 0 Å². The Morgan fingerprint density at radius 3 is 2.16 bits per heavy atom. The standard InChI is InChI=1S/C31H52O/c1-20(2)21-10-13-25-29(21,6)18-19-30(7)23-11-12-24-27(3,4)26(32-9)15-16-28(24,5)22(23)14-17-31(25,30)8/h14,20-21,23-26H,10-13,15-19H2,1-9H3/t21-,23-,24+,25-,26+,28+,29-,30-,31+/m0/s1. The fourth-order valence-corrected chi connectivity index (χ4v) is 11.7. The zero-order valence-electron chi connectivity index (χ0n) is 22.8. The summed E-state index contributed by atoms with van der Waals surface area (Å²) in [4.78, 5) is 0. The Balaban J connectivity index is 1.54. The summed E-state index contributed by atoms with van der Waals surface area (Å²) in [5.41, 5.74) is 4.05. The molecule has 5 rings (SSSR count). The number of hydrogen-bond acceptors (Lipinski definition) is 1. The number of allylic oxidation sites excluding steroid dienone is 2. The van der Waals surface area contributed by atoms with E-state index in [0.717, 1.165) is 29.6 Å². The number of rotatable bonds is 2. The zero-order valence-corrected chi connectivity index (χ0v) is 22.8. The van der Waals surface area contributed by atoms with E-state index in [-0.39, 0.29) is 5.41 Å². The van der Waals surface area contributed by atoms with E-state index in [2.05, 4.69) is 61.5 Å². The van der Waals surface area contributed by atoms with Crippen molar-refractivity contribution in [3.63, 3.8) is 0 Å². The predicted molar refractivity (Wildman–Crippen MR) is 135 cm³/mol. The SMILES string of the molecule is CO[C@@H]1CC[C@]2(C)C3=CC[C@]4(C)[C@H]5CC[C@@H](C(C)C)[C@]5(C)CC[C@@]4(C)[C@H]3CC[C@@H]2C1(C)C. The fraction of sp³-hybridized carbons (Fsp3) is 0.935. The van der Waals surface area contributed by atoms with Crippen LogP contribution in [0.4, 0.5) is 0 Å². The largest absolute Gasteiger partial charge is 0.381 e. The molecule has 0 radical (unpaired) electrons. The molecule has 1 nitrogen and oxygen atoms in total. The van der Waals surface area contributed by atoms with Gasteiger partial charge in [-0.15, -0.1) is 0 Å². The normalized spacial score (nSPS) is 54.3. The molecule has 0 aliphatic heterocycles. The predicted octanol–water partition coefficient (Wildman–Crippen LogP) is 8.68. The molecule has 0 saturated heterocycles. The summed E-state index contributed by atoms with van der Waals surface area (Å²) in [6.07, 6.45) is 15.8. The van der Waals surface area contributed by atoms with Crippen LogP contribution in [0.15, 0.2) is 11.6 Å². The molecule has 4 fully saturated rings. The lowest BCUT2D eigenvalue weighted by Crippen LogP contribution is -2.62. The van der Waals surface area contributed by atoms with E-state index >= 15 is 0 Å². The molecule has 32 heavy (non-hydrogen) atoms. The van der Waals surface area contributed by atoms with Gasteiger partial charge in [0.25, 0.3) is 0 Å². The third kappa shape index (κ3) is 2.67. The van der Waals surface area contributed by atoms with Gasteiger partial charge in [-0.25, -0.2) is 0 Å². The van der Waals surface area contributed by atoms with Gasteiger partial charge in [0.05, 0.1) is 6.10 Å². The highest BCUT2D eigenvalue weighted by Crippen LogP contribution is 2.76. The second-order valence-electron chi connectivity index (χ2n) is 14.9. The van der Waals surface area contributed by atoms with Crippen LogP contribution in [0.5, 0.6) is 0 Å². The molecule has 0 aromatic heterocycles. The van der Waals surface area contributed by atoms with Crippen LogP contribution in [-0.4, -0.2) is 13.2 Å². The quantitative estimate of drug-likeness (QED) is 0.390. The van der Waals surface area contributed by atoms with Gasteiger partial charge in [0, 0.05) is 7.11 Å². The second kappa shape index (κ2) is 7.11. The first-order valence-electron chi connectivity index (χ1n) is 14.1. The first-order chi connectivity index (χ1) is 14.9. The molecule has 0 unspecified atom stereocenters. The minimum absolute atomic E-state index is 0.274. The average molecular weight is 441 g/mol. The van der Waals surface area contributed by atoms with Gasteiger partial charge in [-0.05, 0) is 114 Å². The van der Waals surface area contributed by atoms with Gasteiger partial charge in [-0.3, -0.25) is 0 Å². The van der Waals surface area contributed by atoms with Crippen molar-refractivity contribution < 1.29 is 4.74 Å². The van der Waals surface area contributed by atoms with Crippen molar-refractivity contribution in [2.75, 3.05) is 7.11 Å². The highest BCUT2D eigenvalue weighted by molar-refractivity contribution is 5.33. The van der Waals surface area contributed by atoms with Crippen LogP contribution in [0.25, 0.3) is 0 Å². The molecule has 0 amide bonds. The molecule has 5 aliphatic carbocycles. The second-order valence-corrected chi connectivity index (χ2v) is 14.9. The van der Waals surface area contributed by atoms with Crippen molar-refractivity contribution >= 4 is 0 Å². The molecule has 0 spiro atoms. The average Bonchev–Trinajstić information content (AvgIpc) is 3.08. The fourth-order valence-electron chi connectivity index (χ4n) is 11.7. The summed E-state index contributed by atoms with van der Waals surface area (Å²) in [6, 6.07) is 0. The Morgan fingerprint density at radius 2 is 1.50 bits per heavy atom. The third-order valence-corrected chi connectivity index (χ3v) is 13.5. The van der Waals surface area contributed by atoms with Gasteiger partial charge in [0.2, 0.25) is 0 Å². The van der Waals surface area contributed by atoms with Crippen LogP contribution in [0.3, 0.4) is 0 Å². The van der Waals surface area contributed by atoms with E-state index in [1.807, 2.05) is 12.7 Å². The van der Waals surface area contributed by atoms with Crippen molar-refractivity contribution in [1.29, 1.82) is 0 Å². The first-order valence-corrected chi connectivity index (χ1v) is 14.1. The first kappa shape index (κ1) is 23.4. The van der Waals surface area contributed by atoms with Crippen LogP contribution in [0, 0.1) is 56.7 Å². The van der Waals surface area contributed by atoms with Gasteiger partial charge in [0.1, 0.15) is 0 Å². The Hall–Kier alpha value is -0.300. The monoisotopic (exact) mass is 440 g/mol. The molecule has 9 atom stereocenters. The van der Waals surface area contributed by atoms with Crippen molar-refractivity contribution in [3.8, 4) is 0 Å². The van der Waals surface area contributed by atoms with Crippen LogP contribution in [-0.2, 0) is 4.74 Å². The summed E-state index contributed by atoms with van der Waals surface area (Å²) < 4.78 is 6.03. The van der Waals surface area contributed by atoms with E-state index in [1.54, 1.807) is 0 Å². The molecule has 1 heteroatoms. The van der Waals surface area contributed by atoms with E-state index in [1.165, 1.54) is 57.8 Å². The zero-order chi connectivity index (χ0) is 23.3.